The largest absolute Gasteiger partial charge is 0.493 e. The Morgan fingerprint density at radius 1 is 1.26 bits per heavy atom. The fraction of sp³-hybridized carbons (Fsp3) is 0.621. The second kappa shape index (κ2) is 13.4. The number of methoxy groups -OCH3 is 1. The topological polar surface area (TPSA) is 135 Å². The molecule has 1 saturated carbocycles. The van der Waals surface area contributed by atoms with Crippen LogP contribution in [0.15, 0.2) is 23.8 Å². The minimum atomic E-state index is -1.14. The van der Waals surface area contributed by atoms with Crippen LogP contribution in [0.5, 0.6) is 11.5 Å². The van der Waals surface area contributed by atoms with Gasteiger partial charge in [-0.2, -0.15) is 0 Å². The van der Waals surface area contributed by atoms with Crippen LogP contribution in [0.4, 0.5) is 0 Å². The maximum absolute atomic E-state index is 13.7. The summed E-state index contributed by atoms with van der Waals surface area (Å²) in [5, 5.41) is 23.7. The monoisotopic (exact) mass is 544 g/mol. The predicted molar refractivity (Wildman–Crippen MR) is 143 cm³/mol. The van der Waals surface area contributed by atoms with Crippen molar-refractivity contribution in [1.82, 2.24) is 10.2 Å². The van der Waals surface area contributed by atoms with E-state index in [0.717, 1.165) is 25.7 Å². The number of nitrogens with one attached hydrogen (secondary N) is 1. The van der Waals surface area contributed by atoms with Crippen LogP contribution >= 0.6 is 0 Å². The number of benzene rings is 1. The fourth-order valence-electron chi connectivity index (χ4n) is 6.06. The molecule has 1 heterocycles. The molecule has 1 aliphatic heterocycles. The van der Waals surface area contributed by atoms with Crippen molar-refractivity contribution in [3.05, 3.63) is 34.9 Å². The second-order valence-corrected chi connectivity index (χ2v) is 10.4. The summed E-state index contributed by atoms with van der Waals surface area (Å²) in [4.78, 5) is 40.4. The predicted octanol–water partition coefficient (Wildman–Crippen LogP) is 1.97. The number of nitrogens with zero attached hydrogens (tertiary/aromatic N) is 1. The molecule has 3 aliphatic rings. The van der Waals surface area contributed by atoms with Crippen molar-refractivity contribution < 1.29 is 38.8 Å². The lowest BCUT2D eigenvalue weighted by molar-refractivity contribution is -0.138. The van der Waals surface area contributed by atoms with E-state index in [0.29, 0.717) is 73.0 Å². The summed E-state index contributed by atoms with van der Waals surface area (Å²) >= 11 is 0. The molecule has 2 aliphatic carbocycles. The van der Waals surface area contributed by atoms with Crippen molar-refractivity contribution >= 4 is 18.1 Å². The molecular formula is C29H40N2O8. The van der Waals surface area contributed by atoms with Crippen LogP contribution in [-0.4, -0.2) is 91.5 Å². The van der Waals surface area contributed by atoms with Gasteiger partial charge in [0.05, 0.1) is 25.7 Å². The van der Waals surface area contributed by atoms with Crippen molar-refractivity contribution in [1.29, 1.82) is 0 Å². The number of amides is 2. The van der Waals surface area contributed by atoms with Gasteiger partial charge in [0.25, 0.3) is 0 Å². The maximum Gasteiger partial charge on any atom is 0.247 e. The van der Waals surface area contributed by atoms with Crippen LogP contribution in [0, 0.1) is 5.92 Å². The summed E-state index contributed by atoms with van der Waals surface area (Å²) in [7, 11) is 1.46. The summed E-state index contributed by atoms with van der Waals surface area (Å²) in [5.41, 5.74) is 1.23. The molecular weight excluding hydrogens is 504 g/mol. The van der Waals surface area contributed by atoms with Gasteiger partial charge in [0.1, 0.15) is 18.5 Å². The highest BCUT2D eigenvalue weighted by atomic mass is 16.5. The lowest BCUT2D eigenvalue weighted by Gasteiger charge is -2.41. The zero-order chi connectivity index (χ0) is 27.9. The third kappa shape index (κ3) is 6.28. The smallest absolute Gasteiger partial charge is 0.247 e. The molecule has 214 valence electrons. The quantitative estimate of drug-likeness (QED) is 0.254. The third-order valence-electron chi connectivity index (χ3n) is 7.92. The Morgan fingerprint density at radius 2 is 2.03 bits per heavy atom. The first-order valence-electron chi connectivity index (χ1n) is 13.9. The van der Waals surface area contributed by atoms with Crippen LogP contribution in [0.3, 0.4) is 0 Å². The molecule has 4 atom stereocenters. The van der Waals surface area contributed by atoms with Crippen molar-refractivity contribution in [2.45, 2.75) is 69.6 Å². The number of aliphatic hydroxyl groups is 2. The summed E-state index contributed by atoms with van der Waals surface area (Å²) in [5.74, 6) is -0.180. The van der Waals surface area contributed by atoms with Gasteiger partial charge in [-0.1, -0.05) is 12.8 Å². The first kappa shape index (κ1) is 29.0. The van der Waals surface area contributed by atoms with Crippen LogP contribution in [0.25, 0.3) is 0 Å². The number of hydrogen-bond acceptors (Lipinski definition) is 8. The van der Waals surface area contributed by atoms with E-state index in [1.807, 2.05) is 6.92 Å². The Labute approximate surface area is 229 Å². The van der Waals surface area contributed by atoms with Crippen LogP contribution in [-0.2, 0) is 14.3 Å². The minimum Gasteiger partial charge on any atom is -0.493 e. The molecule has 0 radical (unpaired) electrons. The van der Waals surface area contributed by atoms with E-state index >= 15 is 0 Å². The summed E-state index contributed by atoms with van der Waals surface area (Å²) in [6.07, 6.45) is 5.56. The summed E-state index contributed by atoms with van der Waals surface area (Å²) < 4.78 is 17.2. The van der Waals surface area contributed by atoms with Crippen molar-refractivity contribution in [3.63, 3.8) is 0 Å². The molecule has 3 N–H and O–H groups in total. The van der Waals surface area contributed by atoms with E-state index in [4.69, 9.17) is 14.2 Å². The van der Waals surface area contributed by atoms with E-state index in [1.165, 1.54) is 7.11 Å². The van der Waals surface area contributed by atoms with Gasteiger partial charge < -0.3 is 34.6 Å². The van der Waals surface area contributed by atoms with Gasteiger partial charge in [-0.25, -0.2) is 0 Å². The van der Waals surface area contributed by atoms with E-state index in [1.54, 1.807) is 23.1 Å². The van der Waals surface area contributed by atoms with E-state index < -0.39 is 30.1 Å². The molecule has 4 unspecified atom stereocenters. The number of aliphatic hydroxyl groups excluding tert-OH is 2. The highest BCUT2D eigenvalue weighted by molar-refractivity contribution is 5.96. The Hall–Kier alpha value is -2.95. The van der Waals surface area contributed by atoms with Gasteiger partial charge in [-0.05, 0) is 50.3 Å². The van der Waals surface area contributed by atoms with Crippen molar-refractivity contribution in [2.24, 2.45) is 5.92 Å². The molecule has 0 spiro atoms. The summed E-state index contributed by atoms with van der Waals surface area (Å²) in [6, 6.07) is 2.39. The lowest BCUT2D eigenvalue weighted by atomic mass is 9.77. The van der Waals surface area contributed by atoms with Gasteiger partial charge >= 0.3 is 0 Å². The van der Waals surface area contributed by atoms with Crippen LogP contribution < -0.4 is 14.8 Å². The SMILES string of the molecule is CCOCCCN(C(=O)CC1CCCC1)C1C=C(C(=O)NCCO)C2c3cc(C=O)cc(OC)c3OC2C1O. The zero-order valence-electron chi connectivity index (χ0n) is 22.8. The number of carbonyl (C=O) groups excluding carboxylic acids is 3. The van der Waals surface area contributed by atoms with E-state index in [-0.39, 0.29) is 19.1 Å². The molecule has 39 heavy (non-hydrogen) atoms. The Balaban J connectivity index is 1.72. The second-order valence-electron chi connectivity index (χ2n) is 10.4. The van der Waals surface area contributed by atoms with Gasteiger partial charge in [-0.3, -0.25) is 14.4 Å². The Bertz CT molecular complexity index is 1070. The third-order valence-corrected chi connectivity index (χ3v) is 7.92. The van der Waals surface area contributed by atoms with E-state index in [9.17, 15) is 24.6 Å². The molecule has 0 bridgehead atoms. The highest BCUT2D eigenvalue weighted by Crippen LogP contribution is 2.51. The molecule has 2 amide bonds. The average Bonchev–Trinajstić information content (AvgIpc) is 3.60. The van der Waals surface area contributed by atoms with Crippen molar-refractivity contribution in [2.75, 3.05) is 40.0 Å². The number of hydrogen-bond donors (Lipinski definition) is 3. The van der Waals surface area contributed by atoms with Crippen LogP contribution in [0.1, 0.15) is 67.3 Å². The van der Waals surface area contributed by atoms with Gasteiger partial charge in [0.2, 0.25) is 11.8 Å². The minimum absolute atomic E-state index is 0.0465. The number of carbonyl (C=O) groups is 3. The number of rotatable bonds is 13. The first-order chi connectivity index (χ1) is 18.9. The molecule has 10 nitrogen and oxygen atoms in total. The highest BCUT2D eigenvalue weighted by Gasteiger charge is 2.51. The van der Waals surface area contributed by atoms with Gasteiger partial charge in [0, 0.05) is 49.4 Å². The van der Waals surface area contributed by atoms with Crippen LogP contribution in [0.2, 0.25) is 0 Å². The maximum atomic E-state index is 13.7. The molecule has 10 heteroatoms. The Kier molecular flexibility index (Phi) is 9.99. The first-order valence-corrected chi connectivity index (χ1v) is 13.9. The molecule has 0 saturated heterocycles. The average molecular weight is 545 g/mol. The summed E-state index contributed by atoms with van der Waals surface area (Å²) in [6.45, 7) is 3.12. The standard InChI is InChI=1S/C29H40N2O8/c1-3-38-12-6-10-31(24(34)15-18-7-4-5-8-18)22-16-21(29(36)30-9-11-32)25-20-13-19(17-33)14-23(37-2)27(20)39-28(25)26(22)35/h13-14,16-18,22,25-26,28,32,35H,3-12,15H2,1-2H3,(H,30,36). The molecule has 1 fully saturated rings. The molecule has 0 aromatic heterocycles. The molecule has 4 rings (SSSR count). The number of ether oxygens (including phenoxy) is 3. The van der Waals surface area contributed by atoms with E-state index in [2.05, 4.69) is 5.32 Å². The number of fused-ring (bicyclic) bond motifs is 3. The van der Waals surface area contributed by atoms with Gasteiger partial charge in [-0.15, -0.1) is 0 Å². The molecule has 1 aromatic rings. The number of aldehydes is 1. The van der Waals surface area contributed by atoms with Gasteiger partial charge in [0.15, 0.2) is 11.5 Å². The normalized spacial score (nSPS) is 23.8. The lowest BCUT2D eigenvalue weighted by Crippen LogP contribution is -2.56. The molecule has 1 aromatic carbocycles. The fourth-order valence-corrected chi connectivity index (χ4v) is 6.06. The Morgan fingerprint density at radius 3 is 2.69 bits per heavy atom. The van der Waals surface area contributed by atoms with Crippen molar-refractivity contribution in [3.8, 4) is 11.5 Å². The zero-order valence-corrected chi connectivity index (χ0v) is 22.8.